The van der Waals surface area contributed by atoms with Crippen LogP contribution in [0.5, 0.6) is 11.5 Å². The molecule has 2 aromatic carbocycles. The number of methoxy groups -OCH3 is 2. The maximum Gasteiger partial charge on any atom is 0.202 e. The second-order valence-electron chi connectivity index (χ2n) is 4.43. The Labute approximate surface area is 143 Å². The molecule has 0 saturated carbocycles. The fourth-order valence-electron chi connectivity index (χ4n) is 1.84. The van der Waals surface area contributed by atoms with E-state index in [4.69, 9.17) is 9.47 Å². The van der Waals surface area contributed by atoms with E-state index in [0.29, 0.717) is 21.3 Å². The van der Waals surface area contributed by atoms with Gasteiger partial charge in [-0.3, -0.25) is 9.59 Å². The molecular formula is C17H16O4S2. The molecule has 0 saturated heterocycles. The Bertz CT molecular complexity index is 641. The fraction of sp³-hybridized carbons (Fsp3) is 0.176. The van der Waals surface area contributed by atoms with Gasteiger partial charge in [-0.1, -0.05) is 24.3 Å². The number of hydrogen-bond acceptors (Lipinski definition) is 6. The van der Waals surface area contributed by atoms with E-state index < -0.39 is 0 Å². The summed E-state index contributed by atoms with van der Waals surface area (Å²) in [7, 11) is 3.10. The van der Waals surface area contributed by atoms with Gasteiger partial charge in [0, 0.05) is 0 Å². The molecule has 0 fully saturated rings. The van der Waals surface area contributed by atoms with E-state index in [1.54, 1.807) is 38.5 Å². The molecule has 0 aliphatic heterocycles. The van der Waals surface area contributed by atoms with Gasteiger partial charge in [-0.05, 0) is 47.8 Å². The molecule has 2 aromatic rings. The lowest BCUT2D eigenvalue weighted by molar-refractivity contribution is -0.117. The summed E-state index contributed by atoms with van der Waals surface area (Å²) < 4.78 is 10.4. The molecule has 0 radical (unpaired) electrons. The van der Waals surface area contributed by atoms with Crippen molar-refractivity contribution in [3.05, 3.63) is 48.5 Å². The molecule has 0 amide bonds. The van der Waals surface area contributed by atoms with Crippen molar-refractivity contribution in [2.45, 2.75) is 16.2 Å². The Balaban J connectivity index is 1.96. The number of carbonyl (C=O) groups excluding carboxylic acids is 2. The third-order valence-electron chi connectivity index (χ3n) is 2.87. The minimum Gasteiger partial charge on any atom is -0.496 e. The molecule has 0 spiro atoms. The Hall–Kier alpha value is -1.92. The molecule has 0 aliphatic rings. The lowest BCUT2D eigenvalue weighted by Crippen LogP contribution is -2.01. The van der Waals surface area contributed by atoms with E-state index in [9.17, 15) is 9.59 Å². The third kappa shape index (κ3) is 5.04. The van der Waals surface area contributed by atoms with Crippen molar-refractivity contribution in [2.24, 2.45) is 0 Å². The first-order valence-corrected chi connectivity index (χ1v) is 8.44. The highest BCUT2D eigenvalue weighted by molar-refractivity contribution is 8.15. The zero-order valence-electron chi connectivity index (χ0n) is 12.8. The number of thioether (sulfide) groups is 2. The highest BCUT2D eigenvalue weighted by atomic mass is 32.2. The second kappa shape index (κ2) is 8.64. The van der Waals surface area contributed by atoms with Crippen LogP contribution in [0.15, 0.2) is 58.3 Å². The monoisotopic (exact) mass is 348 g/mol. The van der Waals surface area contributed by atoms with Crippen LogP contribution in [0.4, 0.5) is 0 Å². The molecule has 4 nitrogen and oxygen atoms in total. The van der Waals surface area contributed by atoms with E-state index in [1.807, 2.05) is 24.3 Å². The smallest absolute Gasteiger partial charge is 0.202 e. The summed E-state index contributed by atoms with van der Waals surface area (Å²) >= 11 is 2.03. The number of rotatable bonds is 6. The van der Waals surface area contributed by atoms with Crippen molar-refractivity contribution >= 4 is 33.8 Å². The maximum absolute atomic E-state index is 12.1. The van der Waals surface area contributed by atoms with E-state index in [-0.39, 0.29) is 16.7 Å². The molecule has 0 atom stereocenters. The summed E-state index contributed by atoms with van der Waals surface area (Å²) in [4.78, 5) is 25.6. The molecule has 0 unspecified atom stereocenters. The zero-order chi connectivity index (χ0) is 16.7. The van der Waals surface area contributed by atoms with Crippen molar-refractivity contribution in [3.8, 4) is 11.5 Å². The Morgan fingerprint density at radius 1 is 0.783 bits per heavy atom. The van der Waals surface area contributed by atoms with Gasteiger partial charge in [-0.2, -0.15) is 0 Å². The molecule has 0 bridgehead atoms. The molecule has 2 rings (SSSR count). The Kier molecular flexibility index (Phi) is 6.55. The largest absolute Gasteiger partial charge is 0.496 e. The third-order valence-corrected chi connectivity index (χ3v) is 4.73. The molecular weight excluding hydrogens is 332 g/mol. The van der Waals surface area contributed by atoms with Crippen molar-refractivity contribution in [2.75, 3.05) is 14.2 Å². The van der Waals surface area contributed by atoms with Gasteiger partial charge < -0.3 is 9.47 Å². The number of para-hydroxylation sites is 2. The van der Waals surface area contributed by atoms with Crippen LogP contribution in [0.2, 0.25) is 0 Å². The van der Waals surface area contributed by atoms with Crippen molar-refractivity contribution < 1.29 is 19.1 Å². The van der Waals surface area contributed by atoms with E-state index >= 15 is 0 Å². The summed E-state index contributed by atoms with van der Waals surface area (Å²) in [5.74, 6) is 1.24. The van der Waals surface area contributed by atoms with Crippen LogP contribution in [0.3, 0.4) is 0 Å². The number of carbonyl (C=O) groups is 2. The lowest BCUT2D eigenvalue weighted by Gasteiger charge is -2.07. The van der Waals surface area contributed by atoms with Gasteiger partial charge in [-0.15, -0.1) is 0 Å². The molecule has 23 heavy (non-hydrogen) atoms. The summed E-state index contributed by atoms with van der Waals surface area (Å²) in [6.45, 7) is 0. The first-order valence-electron chi connectivity index (χ1n) is 6.81. The summed E-state index contributed by atoms with van der Waals surface area (Å²) in [5, 5.41) is -0.441. The SMILES string of the molecule is COc1ccccc1SC(=O)CC(=O)Sc1ccccc1OC. The van der Waals surface area contributed by atoms with Crippen LogP contribution >= 0.6 is 23.5 Å². The van der Waals surface area contributed by atoms with Crippen LogP contribution in [0.1, 0.15) is 6.42 Å². The molecule has 120 valence electrons. The lowest BCUT2D eigenvalue weighted by atomic mass is 10.3. The Morgan fingerprint density at radius 2 is 1.17 bits per heavy atom. The topological polar surface area (TPSA) is 52.6 Å². The van der Waals surface area contributed by atoms with Crippen LogP contribution in [0.25, 0.3) is 0 Å². The van der Waals surface area contributed by atoms with E-state index in [0.717, 1.165) is 23.5 Å². The first kappa shape index (κ1) is 17.4. The van der Waals surface area contributed by atoms with Crippen molar-refractivity contribution in [1.29, 1.82) is 0 Å². The van der Waals surface area contributed by atoms with Crippen LogP contribution in [-0.2, 0) is 9.59 Å². The van der Waals surface area contributed by atoms with Gasteiger partial charge in [0.1, 0.15) is 11.5 Å². The summed E-state index contributed by atoms with van der Waals surface area (Å²) in [5.41, 5.74) is 0. The molecule has 0 aromatic heterocycles. The highest BCUT2D eigenvalue weighted by Gasteiger charge is 2.16. The Morgan fingerprint density at radius 3 is 1.57 bits per heavy atom. The summed E-state index contributed by atoms with van der Waals surface area (Å²) in [6, 6.07) is 14.4. The van der Waals surface area contributed by atoms with Gasteiger partial charge >= 0.3 is 0 Å². The van der Waals surface area contributed by atoms with Crippen molar-refractivity contribution in [1.82, 2.24) is 0 Å². The predicted molar refractivity (Wildman–Crippen MR) is 92.3 cm³/mol. The minimum atomic E-state index is -0.220. The maximum atomic E-state index is 12.1. The van der Waals surface area contributed by atoms with Crippen LogP contribution < -0.4 is 9.47 Å². The highest BCUT2D eigenvalue weighted by Crippen LogP contribution is 2.33. The fourth-order valence-corrected chi connectivity index (χ4v) is 3.63. The standard InChI is InChI=1S/C17H16O4S2/c1-20-12-7-3-5-9-14(12)22-16(18)11-17(19)23-15-10-6-4-8-13(15)21-2/h3-10H,11H2,1-2H3. The molecule has 6 heteroatoms. The molecule has 0 heterocycles. The average molecular weight is 348 g/mol. The van der Waals surface area contributed by atoms with E-state index in [1.165, 1.54) is 0 Å². The van der Waals surface area contributed by atoms with Gasteiger partial charge in [0.15, 0.2) is 0 Å². The number of hydrogen-bond donors (Lipinski definition) is 0. The van der Waals surface area contributed by atoms with Crippen molar-refractivity contribution in [3.63, 3.8) is 0 Å². The van der Waals surface area contributed by atoms with Crippen LogP contribution in [0, 0.1) is 0 Å². The molecule has 0 N–H and O–H groups in total. The molecule has 0 aliphatic carbocycles. The first-order chi connectivity index (χ1) is 11.1. The normalized spacial score (nSPS) is 10.2. The summed E-state index contributed by atoms with van der Waals surface area (Å²) in [6.07, 6.45) is -0.161. The van der Waals surface area contributed by atoms with E-state index in [2.05, 4.69) is 0 Å². The zero-order valence-corrected chi connectivity index (χ0v) is 14.4. The van der Waals surface area contributed by atoms with Gasteiger partial charge in [0.05, 0.1) is 30.4 Å². The van der Waals surface area contributed by atoms with Crippen LogP contribution in [-0.4, -0.2) is 24.5 Å². The quantitative estimate of drug-likeness (QED) is 0.580. The predicted octanol–water partition coefficient (Wildman–Crippen LogP) is 4.03. The number of ether oxygens (including phenoxy) is 2. The van der Waals surface area contributed by atoms with Gasteiger partial charge in [0.2, 0.25) is 10.2 Å². The van der Waals surface area contributed by atoms with Gasteiger partial charge in [-0.25, -0.2) is 0 Å². The van der Waals surface area contributed by atoms with Gasteiger partial charge in [0.25, 0.3) is 0 Å². The second-order valence-corrected chi connectivity index (χ2v) is 6.63. The average Bonchev–Trinajstić information content (AvgIpc) is 2.55. The minimum absolute atomic E-state index is 0.161. The number of benzene rings is 2.